The van der Waals surface area contributed by atoms with Crippen molar-refractivity contribution in [3.8, 4) is 0 Å². The summed E-state index contributed by atoms with van der Waals surface area (Å²) in [6, 6.07) is 10.7. The second-order valence-corrected chi connectivity index (χ2v) is 9.63. The second kappa shape index (κ2) is 12.0. The fourth-order valence-electron chi connectivity index (χ4n) is 4.79. The Balaban J connectivity index is 1.70. The van der Waals surface area contributed by atoms with Gasteiger partial charge in [0.2, 0.25) is 0 Å². The summed E-state index contributed by atoms with van der Waals surface area (Å²) in [6.07, 6.45) is -1.51. The molecule has 1 fully saturated rings. The number of hydrogen-bond acceptors (Lipinski definition) is 6. The number of nitrogens with zero attached hydrogens (tertiary/aromatic N) is 3. The zero-order valence-electron chi connectivity index (χ0n) is 22.3. The maximum Gasteiger partial charge on any atom is 0.323 e. The van der Waals surface area contributed by atoms with Gasteiger partial charge in [0.1, 0.15) is 17.1 Å². The number of urea groups is 1. The quantitative estimate of drug-likeness (QED) is 0.405. The summed E-state index contributed by atoms with van der Waals surface area (Å²) in [4.78, 5) is 55.1. The highest BCUT2D eigenvalue weighted by molar-refractivity contribution is 6.01. The molecule has 2 atom stereocenters. The standard InChI is InChI=1S/C28H30FN5O6/c1-16-7-4-8-19(13-16)22(15-23(35)36)31-25(37)26-33(27(38)24-17(2)32-40-18(24)3)11-6-12-34(26)28(39)30-21-10-5-9-20(29)14-21/h4-5,7-10,13-14,22,26H,6,11-12,15H2,1-3H3,(H,30,39)(H,31,37)(H,35,36). The molecule has 0 aliphatic carbocycles. The van der Waals surface area contributed by atoms with Crippen LogP contribution >= 0.6 is 0 Å². The topological polar surface area (TPSA) is 145 Å². The molecule has 1 aromatic heterocycles. The Kier molecular flexibility index (Phi) is 8.46. The molecule has 2 heterocycles. The Labute approximate surface area is 229 Å². The van der Waals surface area contributed by atoms with Crippen LogP contribution in [0.1, 0.15) is 51.8 Å². The van der Waals surface area contributed by atoms with Crippen molar-refractivity contribution in [2.75, 3.05) is 18.4 Å². The van der Waals surface area contributed by atoms with Gasteiger partial charge in [0.15, 0.2) is 6.17 Å². The molecule has 40 heavy (non-hydrogen) atoms. The van der Waals surface area contributed by atoms with Gasteiger partial charge in [0.25, 0.3) is 11.8 Å². The van der Waals surface area contributed by atoms with Crippen molar-refractivity contribution in [1.29, 1.82) is 0 Å². The minimum absolute atomic E-state index is 0.110. The Hall–Kier alpha value is -4.74. The highest BCUT2D eigenvalue weighted by Crippen LogP contribution is 2.25. The van der Waals surface area contributed by atoms with Crippen LogP contribution in [-0.2, 0) is 9.59 Å². The lowest BCUT2D eigenvalue weighted by atomic mass is 10.0. The van der Waals surface area contributed by atoms with Gasteiger partial charge in [0, 0.05) is 18.8 Å². The Morgan fingerprint density at radius 1 is 1.07 bits per heavy atom. The van der Waals surface area contributed by atoms with Gasteiger partial charge >= 0.3 is 12.0 Å². The minimum atomic E-state index is -1.44. The summed E-state index contributed by atoms with van der Waals surface area (Å²) in [5.74, 6) is -2.76. The number of hydrogen-bond donors (Lipinski definition) is 3. The van der Waals surface area contributed by atoms with Gasteiger partial charge in [-0.05, 0) is 51.0 Å². The fraction of sp³-hybridized carbons (Fsp3) is 0.321. The Morgan fingerprint density at radius 3 is 2.45 bits per heavy atom. The molecule has 11 nitrogen and oxygen atoms in total. The van der Waals surface area contributed by atoms with Crippen molar-refractivity contribution in [1.82, 2.24) is 20.3 Å². The van der Waals surface area contributed by atoms with Gasteiger partial charge in [-0.2, -0.15) is 0 Å². The van der Waals surface area contributed by atoms with E-state index >= 15 is 0 Å². The predicted octanol–water partition coefficient (Wildman–Crippen LogP) is 3.78. The molecular formula is C28H30FN5O6. The van der Waals surface area contributed by atoms with Gasteiger partial charge in [-0.15, -0.1) is 0 Å². The summed E-state index contributed by atoms with van der Waals surface area (Å²) in [7, 11) is 0. The number of amides is 4. The third kappa shape index (κ3) is 6.28. The smallest absolute Gasteiger partial charge is 0.323 e. The van der Waals surface area contributed by atoms with E-state index in [0.717, 1.165) is 11.6 Å². The van der Waals surface area contributed by atoms with Gasteiger partial charge < -0.3 is 25.2 Å². The molecule has 1 aliphatic heterocycles. The van der Waals surface area contributed by atoms with Gasteiger partial charge in [-0.25, -0.2) is 9.18 Å². The van der Waals surface area contributed by atoms with Crippen LogP contribution in [0.25, 0.3) is 0 Å². The summed E-state index contributed by atoms with van der Waals surface area (Å²) in [6.45, 7) is 5.25. The lowest BCUT2D eigenvalue weighted by Crippen LogP contribution is -2.64. The molecule has 1 aliphatic rings. The molecule has 4 rings (SSSR count). The first-order chi connectivity index (χ1) is 19.0. The number of carbonyl (C=O) groups excluding carboxylic acids is 3. The SMILES string of the molecule is Cc1cccc(C(CC(=O)O)NC(=O)C2N(C(=O)Nc3cccc(F)c3)CCCN2C(=O)c2c(C)noc2C)c1. The minimum Gasteiger partial charge on any atom is -0.481 e. The van der Waals surface area contributed by atoms with E-state index in [-0.39, 0.29) is 30.1 Å². The number of aryl methyl sites for hydroxylation is 3. The molecule has 0 bridgehead atoms. The Bertz CT molecular complexity index is 1420. The van der Waals surface area contributed by atoms with Gasteiger partial charge in [0.05, 0.1) is 18.2 Å². The number of rotatable bonds is 7. The van der Waals surface area contributed by atoms with Crippen molar-refractivity contribution in [3.05, 3.63) is 82.5 Å². The molecule has 4 amide bonds. The fourth-order valence-corrected chi connectivity index (χ4v) is 4.79. The molecule has 2 unspecified atom stereocenters. The first-order valence-electron chi connectivity index (χ1n) is 12.7. The van der Waals surface area contributed by atoms with E-state index in [1.54, 1.807) is 32.0 Å². The maximum atomic E-state index is 13.9. The first kappa shape index (κ1) is 28.3. The molecule has 1 saturated heterocycles. The van der Waals surface area contributed by atoms with Crippen LogP contribution in [0.15, 0.2) is 53.1 Å². The third-order valence-corrected chi connectivity index (χ3v) is 6.61. The molecule has 0 radical (unpaired) electrons. The number of carboxylic acid groups (broad SMARTS) is 1. The van der Waals surface area contributed by atoms with Crippen molar-refractivity contribution in [3.63, 3.8) is 0 Å². The third-order valence-electron chi connectivity index (χ3n) is 6.61. The van der Waals surface area contributed by atoms with Crippen LogP contribution in [0, 0.1) is 26.6 Å². The van der Waals surface area contributed by atoms with E-state index in [9.17, 15) is 28.7 Å². The number of benzene rings is 2. The van der Waals surface area contributed by atoms with Gasteiger partial charge in [-0.3, -0.25) is 19.3 Å². The van der Waals surface area contributed by atoms with E-state index in [1.165, 1.54) is 28.0 Å². The van der Waals surface area contributed by atoms with E-state index in [1.807, 2.05) is 13.0 Å². The molecule has 2 aromatic carbocycles. The molecule has 12 heteroatoms. The summed E-state index contributed by atoms with van der Waals surface area (Å²) < 4.78 is 18.9. The number of carboxylic acids is 1. The largest absolute Gasteiger partial charge is 0.481 e. The predicted molar refractivity (Wildman–Crippen MR) is 142 cm³/mol. The van der Waals surface area contributed by atoms with Crippen LogP contribution in [0.2, 0.25) is 0 Å². The zero-order valence-corrected chi connectivity index (χ0v) is 22.3. The van der Waals surface area contributed by atoms with E-state index in [2.05, 4.69) is 15.8 Å². The highest BCUT2D eigenvalue weighted by atomic mass is 19.1. The second-order valence-electron chi connectivity index (χ2n) is 9.63. The summed E-state index contributed by atoms with van der Waals surface area (Å²) >= 11 is 0. The van der Waals surface area contributed by atoms with Crippen LogP contribution < -0.4 is 10.6 Å². The lowest BCUT2D eigenvalue weighted by Gasteiger charge is -2.43. The lowest BCUT2D eigenvalue weighted by molar-refractivity contribution is -0.138. The number of aliphatic carboxylic acids is 1. The average Bonchev–Trinajstić information content (AvgIpc) is 3.24. The van der Waals surface area contributed by atoms with Crippen LogP contribution in [-0.4, -0.2) is 63.1 Å². The number of halogens is 1. The van der Waals surface area contributed by atoms with E-state index < -0.39 is 48.3 Å². The van der Waals surface area contributed by atoms with Crippen LogP contribution in [0.3, 0.4) is 0 Å². The van der Waals surface area contributed by atoms with Crippen molar-refractivity contribution in [2.24, 2.45) is 0 Å². The molecule has 3 aromatic rings. The maximum absolute atomic E-state index is 13.9. The molecule has 3 N–H and O–H groups in total. The zero-order chi connectivity index (χ0) is 29.0. The number of aromatic nitrogens is 1. The van der Waals surface area contributed by atoms with Crippen LogP contribution in [0.4, 0.5) is 14.9 Å². The highest BCUT2D eigenvalue weighted by Gasteiger charge is 2.42. The average molecular weight is 552 g/mol. The van der Waals surface area contributed by atoms with E-state index in [4.69, 9.17) is 4.52 Å². The number of carbonyl (C=O) groups is 4. The summed E-state index contributed by atoms with van der Waals surface area (Å²) in [5, 5.41) is 18.7. The van der Waals surface area contributed by atoms with E-state index in [0.29, 0.717) is 17.7 Å². The monoisotopic (exact) mass is 551 g/mol. The Morgan fingerprint density at radius 2 is 1.80 bits per heavy atom. The number of nitrogens with one attached hydrogen (secondary N) is 2. The number of anilines is 1. The van der Waals surface area contributed by atoms with Crippen molar-refractivity contribution < 1.29 is 33.2 Å². The molecule has 0 saturated carbocycles. The first-order valence-corrected chi connectivity index (χ1v) is 12.7. The van der Waals surface area contributed by atoms with Gasteiger partial charge in [-0.1, -0.05) is 41.1 Å². The van der Waals surface area contributed by atoms with Crippen molar-refractivity contribution in [2.45, 2.75) is 45.8 Å². The summed E-state index contributed by atoms with van der Waals surface area (Å²) in [5.41, 5.74) is 2.09. The van der Waals surface area contributed by atoms with Crippen molar-refractivity contribution >= 4 is 29.5 Å². The molecular weight excluding hydrogens is 521 g/mol. The molecule has 210 valence electrons. The van der Waals surface area contributed by atoms with Crippen LogP contribution in [0.5, 0.6) is 0 Å². The molecule has 0 spiro atoms. The normalized spacial score (nSPS) is 15.8.